The second-order valence-corrected chi connectivity index (χ2v) is 9.77. The van der Waals surface area contributed by atoms with Crippen molar-refractivity contribution in [2.45, 2.75) is 57.5 Å². The number of carbonyl (C=O) groups excluding carboxylic acids is 1. The number of nitrogens with zero attached hydrogens (tertiary/aromatic N) is 6. The van der Waals surface area contributed by atoms with Gasteiger partial charge in [0.25, 0.3) is 0 Å². The Labute approximate surface area is 210 Å². The first-order valence-electron chi connectivity index (χ1n) is 12.1. The summed E-state index contributed by atoms with van der Waals surface area (Å²) in [4.78, 5) is 33.3. The Bertz CT molecular complexity index is 1350. The Morgan fingerprint density at radius 2 is 2.08 bits per heavy atom. The number of rotatable bonds is 4. The van der Waals surface area contributed by atoms with Gasteiger partial charge in [0, 0.05) is 42.8 Å². The maximum atomic E-state index is 13.6. The number of fused-ring (bicyclic) bond motifs is 1. The van der Waals surface area contributed by atoms with Gasteiger partial charge in [0.15, 0.2) is 5.82 Å². The molecule has 1 N–H and O–H groups in total. The molecule has 1 amide bonds. The van der Waals surface area contributed by atoms with Crippen LogP contribution in [0.5, 0.6) is 5.88 Å². The summed E-state index contributed by atoms with van der Waals surface area (Å²) in [6.07, 6.45) is 7.54. The van der Waals surface area contributed by atoms with Crippen LogP contribution in [0, 0.1) is 18.3 Å². The van der Waals surface area contributed by atoms with Crippen molar-refractivity contribution in [3.63, 3.8) is 0 Å². The number of aryl methyl sites for hydroxylation is 2. The van der Waals surface area contributed by atoms with Gasteiger partial charge in [0.1, 0.15) is 11.9 Å². The molecule has 1 spiro atoms. The number of nitriles is 1. The van der Waals surface area contributed by atoms with Gasteiger partial charge in [-0.2, -0.15) is 5.26 Å². The van der Waals surface area contributed by atoms with E-state index in [1.54, 1.807) is 24.5 Å². The minimum absolute atomic E-state index is 0.00237. The van der Waals surface area contributed by atoms with E-state index in [0.717, 1.165) is 41.9 Å². The summed E-state index contributed by atoms with van der Waals surface area (Å²) < 4.78 is 5.23. The van der Waals surface area contributed by atoms with E-state index in [-0.39, 0.29) is 17.5 Å². The van der Waals surface area contributed by atoms with Crippen LogP contribution in [0.3, 0.4) is 0 Å². The number of methoxy groups -OCH3 is 1. The average molecular weight is 484 g/mol. The van der Waals surface area contributed by atoms with Crippen molar-refractivity contribution in [2.75, 3.05) is 19.0 Å². The molecule has 1 saturated heterocycles. The highest BCUT2D eigenvalue weighted by molar-refractivity contribution is 5.85. The molecule has 9 heteroatoms. The molecular weight excluding hydrogens is 454 g/mol. The van der Waals surface area contributed by atoms with E-state index >= 15 is 0 Å². The smallest absolute Gasteiger partial charge is 0.230 e. The lowest BCUT2D eigenvalue weighted by Gasteiger charge is -2.36. The predicted molar refractivity (Wildman–Crippen MR) is 134 cm³/mol. The summed E-state index contributed by atoms with van der Waals surface area (Å²) in [7, 11) is 1.52. The second-order valence-electron chi connectivity index (χ2n) is 9.77. The van der Waals surface area contributed by atoms with Gasteiger partial charge < -0.3 is 15.0 Å². The predicted octanol–water partition coefficient (Wildman–Crippen LogP) is 3.64. The van der Waals surface area contributed by atoms with Crippen LogP contribution in [0.15, 0.2) is 36.8 Å². The quantitative estimate of drug-likeness (QED) is 0.598. The number of nitrogens with one attached hydrogen (secondary N) is 1. The van der Waals surface area contributed by atoms with Crippen LogP contribution in [0.2, 0.25) is 0 Å². The first-order valence-corrected chi connectivity index (χ1v) is 12.1. The lowest BCUT2D eigenvalue weighted by molar-refractivity contribution is -0.133. The molecule has 2 aliphatic heterocycles. The number of ether oxygens (including phenoxy) is 1. The first-order chi connectivity index (χ1) is 17.3. The Kier molecular flexibility index (Phi) is 6.04. The van der Waals surface area contributed by atoms with Gasteiger partial charge in [0.2, 0.25) is 11.8 Å². The highest BCUT2D eigenvalue weighted by atomic mass is 16.5. The van der Waals surface area contributed by atoms with Crippen LogP contribution in [-0.4, -0.2) is 56.0 Å². The maximum Gasteiger partial charge on any atom is 0.230 e. The number of hydrogen-bond acceptors (Lipinski definition) is 8. The Morgan fingerprint density at radius 3 is 2.81 bits per heavy atom. The van der Waals surface area contributed by atoms with E-state index in [1.807, 2.05) is 18.7 Å². The third-order valence-corrected chi connectivity index (χ3v) is 7.41. The number of amides is 1. The van der Waals surface area contributed by atoms with Crippen LogP contribution in [-0.2, 0) is 11.2 Å². The lowest BCUT2D eigenvalue weighted by Crippen LogP contribution is -2.46. The van der Waals surface area contributed by atoms with Gasteiger partial charge in [-0.15, -0.1) is 0 Å². The van der Waals surface area contributed by atoms with Gasteiger partial charge in [-0.25, -0.2) is 19.9 Å². The second kappa shape index (κ2) is 9.19. The minimum Gasteiger partial charge on any atom is -0.481 e. The summed E-state index contributed by atoms with van der Waals surface area (Å²) in [6, 6.07) is 7.84. The number of anilines is 1. The largest absolute Gasteiger partial charge is 0.481 e. The van der Waals surface area contributed by atoms with E-state index in [2.05, 4.69) is 39.3 Å². The zero-order chi connectivity index (χ0) is 25.4. The van der Waals surface area contributed by atoms with Crippen molar-refractivity contribution >= 4 is 11.7 Å². The third-order valence-electron chi connectivity index (χ3n) is 7.41. The van der Waals surface area contributed by atoms with Gasteiger partial charge in [-0.3, -0.25) is 4.79 Å². The van der Waals surface area contributed by atoms with Crippen molar-refractivity contribution in [3.8, 4) is 23.3 Å². The molecular formula is C27H29N7O2. The molecule has 9 nitrogen and oxygen atoms in total. The lowest BCUT2D eigenvalue weighted by atomic mass is 9.85. The molecule has 3 aromatic heterocycles. The molecule has 3 aromatic rings. The molecule has 0 radical (unpaired) electrons. The van der Waals surface area contributed by atoms with Gasteiger partial charge in [-0.05, 0) is 63.3 Å². The SMILES string of the molecule is COc1cc(C(C)C(=O)N2C[C@]3(CCc4cc(-c5ncccn5)c(C)nc4N3)C[C@@H]2C)c(C#N)cn1. The maximum absolute atomic E-state index is 13.6. The Hall–Kier alpha value is -4.06. The van der Waals surface area contributed by atoms with E-state index in [9.17, 15) is 10.1 Å². The van der Waals surface area contributed by atoms with Gasteiger partial charge in [0.05, 0.1) is 29.8 Å². The molecule has 5 heterocycles. The number of aromatic nitrogens is 4. The molecule has 0 aromatic carbocycles. The molecule has 0 aliphatic carbocycles. The summed E-state index contributed by atoms with van der Waals surface area (Å²) in [5.74, 6) is 1.45. The molecule has 184 valence electrons. The van der Waals surface area contributed by atoms with Crippen LogP contribution < -0.4 is 10.1 Å². The Balaban J connectivity index is 1.38. The summed E-state index contributed by atoms with van der Waals surface area (Å²) in [5.41, 5.74) is 3.74. The fourth-order valence-electron chi connectivity index (χ4n) is 5.48. The van der Waals surface area contributed by atoms with Gasteiger partial charge in [-0.1, -0.05) is 0 Å². The van der Waals surface area contributed by atoms with E-state index < -0.39 is 5.92 Å². The van der Waals surface area contributed by atoms with Crippen molar-refractivity contribution in [3.05, 3.63) is 59.2 Å². The van der Waals surface area contributed by atoms with Crippen molar-refractivity contribution in [2.24, 2.45) is 0 Å². The van der Waals surface area contributed by atoms with E-state index in [1.165, 1.54) is 13.3 Å². The van der Waals surface area contributed by atoms with Crippen LogP contribution in [0.4, 0.5) is 5.82 Å². The molecule has 3 atom stereocenters. The number of likely N-dealkylation sites (tertiary alicyclic amines) is 1. The zero-order valence-corrected chi connectivity index (χ0v) is 20.9. The minimum atomic E-state index is -0.487. The van der Waals surface area contributed by atoms with Gasteiger partial charge >= 0.3 is 0 Å². The van der Waals surface area contributed by atoms with Crippen LogP contribution in [0.1, 0.15) is 55.0 Å². The Morgan fingerprint density at radius 1 is 1.31 bits per heavy atom. The molecule has 0 saturated carbocycles. The number of pyridine rings is 2. The topological polar surface area (TPSA) is 117 Å². The highest BCUT2D eigenvalue weighted by Gasteiger charge is 2.47. The summed E-state index contributed by atoms with van der Waals surface area (Å²) in [6.45, 7) is 6.49. The molecule has 5 rings (SSSR count). The van der Waals surface area contributed by atoms with Crippen LogP contribution in [0.25, 0.3) is 11.4 Å². The monoisotopic (exact) mass is 483 g/mol. The fraction of sp³-hybridized carbons (Fsp3) is 0.407. The number of hydrogen-bond donors (Lipinski definition) is 1. The fourth-order valence-corrected chi connectivity index (χ4v) is 5.48. The number of carbonyl (C=O) groups is 1. The summed E-state index contributed by atoms with van der Waals surface area (Å²) in [5, 5.41) is 13.3. The molecule has 1 fully saturated rings. The van der Waals surface area contributed by atoms with Crippen LogP contribution >= 0.6 is 0 Å². The third kappa shape index (κ3) is 4.13. The molecule has 0 bridgehead atoms. The average Bonchev–Trinajstić information content (AvgIpc) is 3.22. The van der Waals surface area contributed by atoms with E-state index in [4.69, 9.17) is 9.72 Å². The standard InChI is InChI=1S/C27H29N7O2/c1-16-12-27(15-34(16)26(35)17(2)21-11-23(36-4)31-14-20(21)13-28)7-6-19-10-22(18(3)32-24(19)33-27)25-29-8-5-9-30-25/h5,8-11,14,16-17H,6-7,12,15H2,1-4H3,(H,32,33)/t16-,17?,27-/m0/s1. The normalized spacial score (nSPS) is 21.4. The van der Waals surface area contributed by atoms with E-state index in [0.29, 0.717) is 29.4 Å². The first kappa shape index (κ1) is 23.7. The van der Waals surface area contributed by atoms with Crippen molar-refractivity contribution < 1.29 is 9.53 Å². The molecule has 2 aliphatic rings. The van der Waals surface area contributed by atoms with Crippen molar-refractivity contribution in [1.82, 2.24) is 24.8 Å². The molecule has 36 heavy (non-hydrogen) atoms. The summed E-state index contributed by atoms with van der Waals surface area (Å²) >= 11 is 0. The highest BCUT2D eigenvalue weighted by Crippen LogP contribution is 2.41. The zero-order valence-electron chi connectivity index (χ0n) is 20.9. The van der Waals surface area contributed by atoms with Crippen molar-refractivity contribution in [1.29, 1.82) is 5.26 Å². The molecule has 1 unspecified atom stereocenters.